The van der Waals surface area contributed by atoms with Gasteiger partial charge in [0.15, 0.2) is 5.78 Å². The molecule has 1 saturated carbocycles. The van der Waals surface area contributed by atoms with E-state index in [-0.39, 0.29) is 42.0 Å². The van der Waals surface area contributed by atoms with E-state index in [1.807, 2.05) is 43.3 Å². The zero-order valence-electron chi connectivity index (χ0n) is 21.9. The van der Waals surface area contributed by atoms with Crippen LogP contribution in [0.1, 0.15) is 57.5 Å². The number of carbonyl (C=O) groups is 2. The summed E-state index contributed by atoms with van der Waals surface area (Å²) in [6.07, 6.45) is 5.26. The van der Waals surface area contributed by atoms with Gasteiger partial charge in [-0.3, -0.25) is 14.5 Å². The number of hydrogen-bond acceptors (Lipinski definition) is 5. The van der Waals surface area contributed by atoms with Gasteiger partial charge in [-0.1, -0.05) is 48.4 Å². The molecule has 0 bridgehead atoms. The van der Waals surface area contributed by atoms with Crippen molar-refractivity contribution in [1.29, 1.82) is 0 Å². The predicted octanol–water partition coefficient (Wildman–Crippen LogP) is 5.86. The molecule has 2 aliphatic rings. The molecule has 0 spiro atoms. The Hall–Kier alpha value is -3.35. The van der Waals surface area contributed by atoms with Crippen molar-refractivity contribution in [3.05, 3.63) is 89.0 Å². The van der Waals surface area contributed by atoms with Gasteiger partial charge in [-0.25, -0.2) is 0 Å². The first kappa shape index (κ1) is 27.7. The average molecular weight is 534 g/mol. The number of anilines is 2. The van der Waals surface area contributed by atoms with E-state index in [1.54, 1.807) is 24.3 Å². The smallest absolute Gasteiger partial charge is 0.255 e. The van der Waals surface area contributed by atoms with E-state index >= 15 is 0 Å². The zero-order valence-corrected chi connectivity index (χ0v) is 22.7. The molecule has 3 aromatic carbocycles. The van der Waals surface area contributed by atoms with Crippen molar-refractivity contribution in [1.82, 2.24) is 4.90 Å². The maximum atomic E-state index is 13.1. The molecule has 0 unspecified atom stereocenters. The summed E-state index contributed by atoms with van der Waals surface area (Å²) in [5, 5.41) is 13.3. The lowest BCUT2D eigenvalue weighted by Crippen LogP contribution is -2.42. The van der Waals surface area contributed by atoms with Crippen LogP contribution < -0.4 is 10.2 Å². The molecule has 1 saturated heterocycles. The molecule has 3 aromatic rings. The van der Waals surface area contributed by atoms with Gasteiger partial charge in [0, 0.05) is 55.5 Å². The number of Topliss-reactive ketones (excluding diaryl/α,β-unsaturated/α-hetero) is 1. The number of hydrogen-bond donors (Lipinski definition) is 2. The lowest BCUT2D eigenvalue weighted by molar-refractivity contribution is 0.0989. The number of phenolic OH excluding ortho intramolecular Hbond substituents is 1. The number of nitrogens with one attached hydrogen (secondary N) is 1. The van der Waals surface area contributed by atoms with E-state index in [2.05, 4.69) is 15.1 Å². The minimum absolute atomic E-state index is 0. The highest BCUT2D eigenvalue weighted by atomic mass is 35.5. The highest BCUT2D eigenvalue weighted by Gasteiger charge is 2.26. The van der Waals surface area contributed by atoms with Gasteiger partial charge in [0.25, 0.3) is 5.91 Å². The maximum absolute atomic E-state index is 13.1. The molecule has 0 atom stereocenters. The third-order valence-electron chi connectivity index (χ3n) is 7.71. The van der Waals surface area contributed by atoms with Crippen molar-refractivity contribution in [3.8, 4) is 5.75 Å². The molecule has 7 heteroatoms. The number of ketones is 1. The zero-order chi connectivity index (χ0) is 25.8. The second-order valence-corrected chi connectivity index (χ2v) is 10.2. The molecule has 6 nitrogen and oxygen atoms in total. The molecule has 38 heavy (non-hydrogen) atoms. The quantitative estimate of drug-likeness (QED) is 0.294. The minimum atomic E-state index is -0.316. The average Bonchev–Trinajstić information content (AvgIpc) is 3.11. The Labute approximate surface area is 231 Å². The Morgan fingerprint density at radius 3 is 2.26 bits per heavy atom. The second kappa shape index (κ2) is 12.5. The van der Waals surface area contributed by atoms with Gasteiger partial charge >= 0.3 is 0 Å². The van der Waals surface area contributed by atoms with Crippen LogP contribution in [0.3, 0.4) is 0 Å². The van der Waals surface area contributed by atoms with Gasteiger partial charge in [-0.05, 0) is 62.1 Å². The number of aromatic hydroxyl groups is 1. The first-order valence-corrected chi connectivity index (χ1v) is 13.3. The Morgan fingerprint density at radius 1 is 0.868 bits per heavy atom. The lowest BCUT2D eigenvalue weighted by Gasteiger charge is -2.36. The maximum Gasteiger partial charge on any atom is 0.255 e. The van der Waals surface area contributed by atoms with Crippen molar-refractivity contribution >= 4 is 35.5 Å². The first-order chi connectivity index (χ1) is 18.0. The Kier molecular flexibility index (Phi) is 9.08. The summed E-state index contributed by atoms with van der Waals surface area (Å²) in [7, 11) is 0. The van der Waals surface area contributed by atoms with Crippen LogP contribution in [0, 0.1) is 6.92 Å². The van der Waals surface area contributed by atoms with Gasteiger partial charge in [0.2, 0.25) is 0 Å². The molecular weight excluding hydrogens is 498 g/mol. The fraction of sp³-hybridized carbons (Fsp3) is 0.355. The standard InChI is InChI=1S/C31H35N3O3.ClH/c1-22-9-11-23(12-10-22)29(36)21-25-5-2-8-28(35)30(25)32-31(37)24-13-15-27(16-14-24)34-18-4-17-33(19-20-34)26-6-3-7-26;/h2,5,8-16,26,35H,3-4,6-7,17-21H2,1H3,(H,32,37);1H. The summed E-state index contributed by atoms with van der Waals surface area (Å²) in [5.41, 5.74) is 4.18. The Morgan fingerprint density at radius 2 is 1.58 bits per heavy atom. The molecule has 1 aliphatic carbocycles. The molecule has 1 amide bonds. The fourth-order valence-corrected chi connectivity index (χ4v) is 5.21. The fourth-order valence-electron chi connectivity index (χ4n) is 5.21. The number of carbonyl (C=O) groups excluding carboxylic acids is 2. The van der Waals surface area contributed by atoms with Gasteiger partial charge in [0.1, 0.15) is 5.75 Å². The van der Waals surface area contributed by atoms with Crippen molar-refractivity contribution in [2.24, 2.45) is 0 Å². The number of amides is 1. The Bertz CT molecular complexity index is 1260. The van der Waals surface area contributed by atoms with Crippen molar-refractivity contribution < 1.29 is 14.7 Å². The normalized spacial score (nSPS) is 16.2. The third-order valence-corrected chi connectivity index (χ3v) is 7.71. The Balaban J connectivity index is 0.00000336. The van der Waals surface area contributed by atoms with E-state index in [9.17, 15) is 14.7 Å². The summed E-state index contributed by atoms with van der Waals surface area (Å²) >= 11 is 0. The highest BCUT2D eigenvalue weighted by molar-refractivity contribution is 6.06. The topological polar surface area (TPSA) is 72.9 Å². The minimum Gasteiger partial charge on any atom is -0.506 e. The van der Waals surface area contributed by atoms with Crippen LogP contribution in [0.5, 0.6) is 5.75 Å². The van der Waals surface area contributed by atoms with Crippen LogP contribution in [0.4, 0.5) is 11.4 Å². The van der Waals surface area contributed by atoms with Gasteiger partial charge in [-0.2, -0.15) is 0 Å². The molecule has 200 valence electrons. The first-order valence-electron chi connectivity index (χ1n) is 13.3. The van der Waals surface area contributed by atoms with E-state index in [4.69, 9.17) is 0 Å². The number of phenols is 1. The molecular formula is C31H36ClN3O3. The van der Waals surface area contributed by atoms with E-state index in [0.29, 0.717) is 16.7 Å². The number of nitrogens with zero attached hydrogens (tertiary/aromatic N) is 2. The van der Waals surface area contributed by atoms with Gasteiger partial charge < -0.3 is 15.3 Å². The lowest BCUT2D eigenvalue weighted by atomic mass is 9.91. The largest absolute Gasteiger partial charge is 0.506 e. The molecule has 1 aliphatic heterocycles. The number of rotatable bonds is 7. The van der Waals surface area contributed by atoms with Gasteiger partial charge in [-0.15, -0.1) is 12.4 Å². The van der Waals surface area contributed by atoms with Crippen LogP contribution >= 0.6 is 12.4 Å². The molecule has 2 fully saturated rings. The van der Waals surface area contributed by atoms with Gasteiger partial charge in [0.05, 0.1) is 5.69 Å². The third kappa shape index (κ3) is 6.37. The van der Waals surface area contributed by atoms with Crippen molar-refractivity contribution in [2.75, 3.05) is 36.4 Å². The van der Waals surface area contributed by atoms with Crippen molar-refractivity contribution in [2.45, 2.75) is 45.1 Å². The van der Waals surface area contributed by atoms with E-state index in [1.165, 1.54) is 25.3 Å². The number of benzene rings is 3. The molecule has 1 heterocycles. The summed E-state index contributed by atoms with van der Waals surface area (Å²) in [6, 6.07) is 20.8. The molecule has 0 radical (unpaired) electrons. The van der Waals surface area contributed by atoms with Crippen molar-refractivity contribution in [3.63, 3.8) is 0 Å². The van der Waals surface area contributed by atoms with E-state index < -0.39 is 0 Å². The summed E-state index contributed by atoms with van der Waals surface area (Å²) in [5.74, 6) is -0.442. The number of aryl methyl sites for hydroxylation is 1. The number of para-hydroxylation sites is 1. The monoisotopic (exact) mass is 533 g/mol. The van der Waals surface area contributed by atoms with Crippen LogP contribution in [0.25, 0.3) is 0 Å². The second-order valence-electron chi connectivity index (χ2n) is 10.2. The number of halogens is 1. The van der Waals surface area contributed by atoms with Crippen LogP contribution in [-0.4, -0.2) is 53.9 Å². The van der Waals surface area contributed by atoms with Crippen LogP contribution in [0.2, 0.25) is 0 Å². The summed E-state index contributed by atoms with van der Waals surface area (Å²) < 4.78 is 0. The molecule has 0 aromatic heterocycles. The molecule has 5 rings (SSSR count). The SMILES string of the molecule is Cc1ccc(C(=O)Cc2cccc(O)c2NC(=O)c2ccc(N3CCCN(C4CCC4)CC3)cc2)cc1.Cl. The van der Waals surface area contributed by atoms with Crippen LogP contribution in [-0.2, 0) is 6.42 Å². The predicted molar refractivity (Wildman–Crippen MR) is 155 cm³/mol. The van der Waals surface area contributed by atoms with E-state index in [0.717, 1.165) is 49.9 Å². The highest BCUT2D eigenvalue weighted by Crippen LogP contribution is 2.30. The molecule has 2 N–H and O–H groups in total. The summed E-state index contributed by atoms with van der Waals surface area (Å²) in [6.45, 7) is 6.24. The van der Waals surface area contributed by atoms with Crippen LogP contribution in [0.15, 0.2) is 66.7 Å². The summed E-state index contributed by atoms with van der Waals surface area (Å²) in [4.78, 5) is 31.0.